The number of aliphatic hydroxyl groups excluding tert-OH is 1. The zero-order chi connectivity index (χ0) is 26.3. The van der Waals surface area contributed by atoms with E-state index in [4.69, 9.17) is 14.5 Å². The fraction of sp³-hybridized carbons (Fsp3) is 0.207. The Kier molecular flexibility index (Phi) is 6.43. The van der Waals surface area contributed by atoms with Gasteiger partial charge in [0, 0.05) is 5.56 Å². The first-order valence-electron chi connectivity index (χ1n) is 11.9. The molecule has 1 amide bonds. The van der Waals surface area contributed by atoms with Crippen LogP contribution in [0.4, 0.5) is 5.13 Å². The van der Waals surface area contributed by atoms with Crippen LogP contribution in [-0.4, -0.2) is 35.5 Å². The number of amides is 1. The van der Waals surface area contributed by atoms with Crippen LogP contribution in [0.15, 0.2) is 66.2 Å². The third kappa shape index (κ3) is 4.34. The van der Waals surface area contributed by atoms with Crippen LogP contribution in [0, 0.1) is 13.8 Å². The molecule has 1 aliphatic heterocycles. The lowest BCUT2D eigenvalue weighted by Gasteiger charge is -2.23. The Morgan fingerprint density at radius 2 is 1.70 bits per heavy atom. The number of rotatable bonds is 6. The summed E-state index contributed by atoms with van der Waals surface area (Å²) in [6.45, 7) is 6.39. The maximum absolute atomic E-state index is 13.5. The number of Topliss-reactive ketones (excluding diaryl/α,β-unsaturated/α-hetero) is 1. The third-order valence-electron chi connectivity index (χ3n) is 6.34. The highest BCUT2D eigenvalue weighted by Crippen LogP contribution is 2.45. The van der Waals surface area contributed by atoms with Crippen molar-refractivity contribution in [2.24, 2.45) is 0 Å². The minimum absolute atomic E-state index is 0.00600. The summed E-state index contributed by atoms with van der Waals surface area (Å²) < 4.78 is 11.7. The molecule has 0 unspecified atom stereocenters. The van der Waals surface area contributed by atoms with Gasteiger partial charge in [-0.2, -0.15) is 0 Å². The molecule has 0 bridgehead atoms. The number of thiazole rings is 1. The number of methoxy groups -OCH3 is 1. The van der Waals surface area contributed by atoms with Gasteiger partial charge in [-0.05, 0) is 79.9 Å². The first-order valence-corrected chi connectivity index (χ1v) is 12.7. The first-order chi connectivity index (χ1) is 17.8. The van der Waals surface area contributed by atoms with Crippen LogP contribution < -0.4 is 14.4 Å². The van der Waals surface area contributed by atoms with Crippen molar-refractivity contribution in [2.45, 2.75) is 26.8 Å². The number of fused-ring (bicyclic) bond motifs is 1. The summed E-state index contributed by atoms with van der Waals surface area (Å²) in [5.41, 5.74) is 3.93. The van der Waals surface area contributed by atoms with E-state index in [9.17, 15) is 14.7 Å². The van der Waals surface area contributed by atoms with Gasteiger partial charge in [0.15, 0.2) is 5.13 Å². The standard InChI is InChI=1S/C29H26N2O5S/c1-5-36-21-12-6-18(7-13-21)25-23(26(32)19-8-10-20(35-4)11-9-19)27(33)28(34)31(25)29-30-24-17(3)14-16(2)15-22(24)37-29/h6-15,25,32H,5H2,1-4H3/t25-/m1/s1. The van der Waals surface area contributed by atoms with Gasteiger partial charge in [-0.25, -0.2) is 4.98 Å². The van der Waals surface area contributed by atoms with Crippen molar-refractivity contribution >= 4 is 44.1 Å². The maximum atomic E-state index is 13.5. The molecule has 1 saturated heterocycles. The molecule has 0 radical (unpaired) electrons. The molecule has 188 valence electrons. The molecule has 1 aliphatic rings. The zero-order valence-electron chi connectivity index (χ0n) is 20.9. The van der Waals surface area contributed by atoms with Crippen LogP contribution in [0.2, 0.25) is 0 Å². The molecule has 1 atom stereocenters. The molecule has 0 saturated carbocycles. The molecular weight excluding hydrogens is 488 g/mol. The second kappa shape index (κ2) is 9.71. The SMILES string of the molecule is CCOc1ccc([C@@H]2C(=C(O)c3ccc(OC)cc3)C(=O)C(=O)N2c2nc3c(C)cc(C)cc3s2)cc1. The van der Waals surface area contributed by atoms with Crippen molar-refractivity contribution in [1.82, 2.24) is 4.98 Å². The average molecular weight is 515 g/mol. The van der Waals surface area contributed by atoms with Crippen molar-refractivity contribution in [3.05, 3.63) is 88.5 Å². The number of ketones is 1. The van der Waals surface area contributed by atoms with Gasteiger partial charge in [0.2, 0.25) is 0 Å². The van der Waals surface area contributed by atoms with E-state index >= 15 is 0 Å². The van der Waals surface area contributed by atoms with Crippen molar-refractivity contribution in [3.8, 4) is 11.5 Å². The number of carbonyl (C=O) groups excluding carboxylic acids is 2. The number of aliphatic hydroxyl groups is 1. The Hall–Kier alpha value is -4.17. The number of carbonyl (C=O) groups is 2. The summed E-state index contributed by atoms with van der Waals surface area (Å²) in [4.78, 5) is 33.1. The van der Waals surface area contributed by atoms with Gasteiger partial charge in [0.25, 0.3) is 5.78 Å². The van der Waals surface area contributed by atoms with Crippen molar-refractivity contribution in [1.29, 1.82) is 0 Å². The Bertz CT molecular complexity index is 1540. The van der Waals surface area contributed by atoms with Gasteiger partial charge in [0.1, 0.15) is 17.3 Å². The highest BCUT2D eigenvalue weighted by molar-refractivity contribution is 7.22. The maximum Gasteiger partial charge on any atom is 0.301 e. The van der Waals surface area contributed by atoms with Crippen LogP contribution in [0.1, 0.15) is 35.2 Å². The van der Waals surface area contributed by atoms with Crippen LogP contribution in [0.3, 0.4) is 0 Å². The largest absolute Gasteiger partial charge is 0.507 e. The average Bonchev–Trinajstić information content (AvgIpc) is 3.43. The molecule has 0 aliphatic carbocycles. The highest BCUT2D eigenvalue weighted by atomic mass is 32.1. The number of aryl methyl sites for hydroxylation is 2. The lowest BCUT2D eigenvalue weighted by atomic mass is 9.95. The number of nitrogens with zero attached hydrogens (tertiary/aromatic N) is 2. The van der Waals surface area contributed by atoms with E-state index in [2.05, 4.69) is 0 Å². The number of hydrogen-bond donors (Lipinski definition) is 1. The number of benzene rings is 3. The summed E-state index contributed by atoms with van der Waals surface area (Å²) in [6.07, 6.45) is 0. The smallest absolute Gasteiger partial charge is 0.301 e. The first kappa shape index (κ1) is 24.5. The van der Waals surface area contributed by atoms with Crippen LogP contribution in [0.5, 0.6) is 11.5 Å². The van der Waals surface area contributed by atoms with Gasteiger partial charge >= 0.3 is 5.91 Å². The lowest BCUT2D eigenvalue weighted by Crippen LogP contribution is -2.29. The Balaban J connectivity index is 1.70. The molecule has 37 heavy (non-hydrogen) atoms. The minimum atomic E-state index is -0.861. The highest BCUT2D eigenvalue weighted by Gasteiger charge is 2.48. The molecule has 0 spiro atoms. The van der Waals surface area contributed by atoms with Crippen LogP contribution >= 0.6 is 11.3 Å². The predicted octanol–water partition coefficient (Wildman–Crippen LogP) is 5.95. The number of aromatic nitrogens is 1. The summed E-state index contributed by atoms with van der Waals surface area (Å²) >= 11 is 1.35. The van der Waals surface area contributed by atoms with Crippen LogP contribution in [-0.2, 0) is 9.59 Å². The quantitative estimate of drug-likeness (QED) is 0.194. The Morgan fingerprint density at radius 3 is 2.35 bits per heavy atom. The molecule has 7 nitrogen and oxygen atoms in total. The van der Waals surface area contributed by atoms with E-state index in [0.29, 0.717) is 34.4 Å². The number of hydrogen-bond acceptors (Lipinski definition) is 7. The van der Waals surface area contributed by atoms with Crippen molar-refractivity contribution in [3.63, 3.8) is 0 Å². The second-order valence-corrected chi connectivity index (χ2v) is 9.83. The third-order valence-corrected chi connectivity index (χ3v) is 7.34. The molecule has 3 aromatic carbocycles. The topological polar surface area (TPSA) is 89.0 Å². The lowest BCUT2D eigenvalue weighted by molar-refractivity contribution is -0.132. The monoisotopic (exact) mass is 514 g/mol. The molecule has 2 heterocycles. The summed E-state index contributed by atoms with van der Waals surface area (Å²) in [5.74, 6) is -0.470. The Morgan fingerprint density at radius 1 is 1.03 bits per heavy atom. The van der Waals surface area contributed by atoms with Gasteiger partial charge in [-0.1, -0.05) is 29.5 Å². The Labute approximate surface area is 218 Å². The molecule has 1 aromatic heterocycles. The molecule has 1 fully saturated rings. The molecular formula is C29H26N2O5S. The predicted molar refractivity (Wildman–Crippen MR) is 144 cm³/mol. The van der Waals surface area contributed by atoms with Gasteiger partial charge in [0.05, 0.1) is 35.5 Å². The zero-order valence-corrected chi connectivity index (χ0v) is 21.8. The van der Waals surface area contributed by atoms with Gasteiger partial charge < -0.3 is 14.6 Å². The summed E-state index contributed by atoms with van der Waals surface area (Å²) in [5, 5.41) is 11.7. The molecule has 5 rings (SSSR count). The fourth-order valence-electron chi connectivity index (χ4n) is 4.62. The molecule has 4 aromatic rings. The van der Waals surface area contributed by atoms with E-state index in [1.807, 2.05) is 32.9 Å². The summed E-state index contributed by atoms with van der Waals surface area (Å²) in [6, 6.07) is 17.1. The van der Waals surface area contributed by atoms with Crippen molar-refractivity contribution < 1.29 is 24.2 Å². The number of anilines is 1. The van der Waals surface area contributed by atoms with Crippen molar-refractivity contribution in [2.75, 3.05) is 18.6 Å². The van der Waals surface area contributed by atoms with Crippen LogP contribution in [0.25, 0.3) is 16.0 Å². The minimum Gasteiger partial charge on any atom is -0.507 e. The normalized spacial score (nSPS) is 17.0. The number of ether oxygens (including phenoxy) is 2. The van der Waals surface area contributed by atoms with Gasteiger partial charge in [-0.15, -0.1) is 0 Å². The summed E-state index contributed by atoms with van der Waals surface area (Å²) in [7, 11) is 1.55. The second-order valence-electron chi connectivity index (χ2n) is 8.82. The van der Waals surface area contributed by atoms with E-state index in [0.717, 1.165) is 21.3 Å². The van der Waals surface area contributed by atoms with Gasteiger partial charge in [-0.3, -0.25) is 14.5 Å². The molecule has 8 heteroatoms. The molecule has 1 N–H and O–H groups in total. The van der Waals surface area contributed by atoms with E-state index in [1.165, 1.54) is 16.2 Å². The fourth-order valence-corrected chi connectivity index (χ4v) is 5.79. The van der Waals surface area contributed by atoms with E-state index in [1.54, 1.807) is 55.6 Å². The van der Waals surface area contributed by atoms with E-state index in [-0.39, 0.29) is 11.3 Å². The van der Waals surface area contributed by atoms with E-state index < -0.39 is 17.7 Å².